The normalized spacial score (nSPS) is 12.3. The number of hydrogen-bond donors (Lipinski definition) is 1. The summed E-state index contributed by atoms with van der Waals surface area (Å²) >= 11 is 0. The fourth-order valence-corrected chi connectivity index (χ4v) is 3.94. The maximum Gasteiger partial charge on any atom is 0.261 e. The molecular weight excluding hydrogens is 410 g/mol. The summed E-state index contributed by atoms with van der Waals surface area (Å²) in [4.78, 5) is 13.9. The molecule has 0 unspecified atom stereocenters. The van der Waals surface area contributed by atoms with Crippen LogP contribution in [-0.4, -0.2) is 26.3 Å². The average Bonchev–Trinajstić information content (AvgIpc) is 2.75. The summed E-state index contributed by atoms with van der Waals surface area (Å²) in [7, 11) is -2.41. The first-order valence-electron chi connectivity index (χ1n) is 9.09. The molecule has 0 aliphatic rings. The van der Waals surface area contributed by atoms with Crippen LogP contribution in [0.5, 0.6) is 0 Å². The highest BCUT2D eigenvalue weighted by Crippen LogP contribution is 2.22. The molecule has 0 aliphatic heterocycles. The summed E-state index contributed by atoms with van der Waals surface area (Å²) in [6.45, 7) is 1.91. The largest absolute Gasteiger partial charge is 0.335 e. The van der Waals surface area contributed by atoms with Gasteiger partial charge in [0, 0.05) is 18.3 Å². The zero-order chi connectivity index (χ0) is 21.9. The number of amides is 1. The third kappa shape index (κ3) is 4.65. The van der Waals surface area contributed by atoms with Gasteiger partial charge in [0.15, 0.2) is 11.6 Å². The van der Waals surface area contributed by atoms with Gasteiger partial charge in [-0.2, -0.15) is 0 Å². The lowest BCUT2D eigenvalue weighted by molar-refractivity contribution is 0.0742. The second kappa shape index (κ2) is 8.62. The standard InChI is InChI=1S/C22H20F2N2O3S/c1-15(16-6-4-3-5-7-16)26(2)22(27)17-8-10-18(11-9-17)25-30(28,29)19-12-13-20(23)21(24)14-19/h3-15,25H,1-2H3/t15-/m0/s1. The molecule has 3 aromatic carbocycles. The van der Waals surface area contributed by atoms with Gasteiger partial charge in [0.05, 0.1) is 10.9 Å². The van der Waals surface area contributed by atoms with Crippen molar-refractivity contribution in [2.45, 2.75) is 17.9 Å². The number of rotatable bonds is 6. The number of nitrogens with zero attached hydrogens (tertiary/aromatic N) is 1. The molecule has 30 heavy (non-hydrogen) atoms. The minimum atomic E-state index is -4.10. The molecule has 0 bridgehead atoms. The molecular formula is C22H20F2N2O3S. The highest BCUT2D eigenvalue weighted by Gasteiger charge is 2.20. The summed E-state index contributed by atoms with van der Waals surface area (Å²) in [6, 6.07) is 17.6. The molecule has 0 aliphatic carbocycles. The van der Waals surface area contributed by atoms with Crippen LogP contribution in [0.2, 0.25) is 0 Å². The van der Waals surface area contributed by atoms with E-state index >= 15 is 0 Å². The van der Waals surface area contributed by atoms with Crippen LogP contribution in [0.25, 0.3) is 0 Å². The Hall–Kier alpha value is -3.26. The van der Waals surface area contributed by atoms with Crippen molar-refractivity contribution in [1.29, 1.82) is 0 Å². The Morgan fingerprint density at radius 2 is 1.57 bits per heavy atom. The highest BCUT2D eigenvalue weighted by molar-refractivity contribution is 7.92. The molecule has 156 valence electrons. The van der Waals surface area contributed by atoms with Crippen LogP contribution in [0.1, 0.15) is 28.9 Å². The monoisotopic (exact) mass is 430 g/mol. The van der Waals surface area contributed by atoms with Gasteiger partial charge in [-0.3, -0.25) is 9.52 Å². The Kier molecular flexibility index (Phi) is 6.17. The van der Waals surface area contributed by atoms with Crippen LogP contribution >= 0.6 is 0 Å². The van der Waals surface area contributed by atoms with E-state index in [2.05, 4.69) is 4.72 Å². The third-order valence-corrected chi connectivity index (χ3v) is 6.15. The molecule has 0 radical (unpaired) electrons. The van der Waals surface area contributed by atoms with Gasteiger partial charge in [-0.1, -0.05) is 30.3 Å². The van der Waals surface area contributed by atoms with Crippen molar-refractivity contribution in [3.05, 3.63) is 95.6 Å². The predicted molar refractivity (Wildman–Crippen MR) is 111 cm³/mol. The Morgan fingerprint density at radius 3 is 2.17 bits per heavy atom. The summed E-state index contributed by atoms with van der Waals surface area (Å²) in [6.07, 6.45) is 0. The average molecular weight is 430 g/mol. The Bertz CT molecular complexity index is 1150. The Morgan fingerprint density at radius 1 is 0.933 bits per heavy atom. The van der Waals surface area contributed by atoms with Crippen LogP contribution in [0.3, 0.4) is 0 Å². The van der Waals surface area contributed by atoms with E-state index in [0.29, 0.717) is 11.6 Å². The van der Waals surface area contributed by atoms with Gasteiger partial charge in [0.25, 0.3) is 15.9 Å². The molecule has 1 amide bonds. The SMILES string of the molecule is C[C@@H](c1ccccc1)N(C)C(=O)c1ccc(NS(=O)(=O)c2ccc(F)c(F)c2)cc1. The van der Waals surface area contributed by atoms with Gasteiger partial charge in [-0.25, -0.2) is 17.2 Å². The zero-order valence-corrected chi connectivity index (χ0v) is 17.2. The molecule has 3 rings (SSSR count). The van der Waals surface area contributed by atoms with Crippen molar-refractivity contribution in [1.82, 2.24) is 4.90 Å². The number of carbonyl (C=O) groups excluding carboxylic acids is 1. The third-order valence-electron chi connectivity index (χ3n) is 4.77. The number of carbonyl (C=O) groups is 1. The summed E-state index contributed by atoms with van der Waals surface area (Å²) in [5.41, 5.74) is 1.57. The number of benzene rings is 3. The number of halogens is 2. The van der Waals surface area contributed by atoms with Crippen molar-refractivity contribution in [2.75, 3.05) is 11.8 Å². The maximum absolute atomic E-state index is 13.3. The fraction of sp³-hybridized carbons (Fsp3) is 0.136. The summed E-state index contributed by atoms with van der Waals surface area (Å²) in [5, 5.41) is 0. The van der Waals surface area contributed by atoms with E-state index in [1.54, 1.807) is 11.9 Å². The van der Waals surface area contributed by atoms with Crippen LogP contribution in [0.4, 0.5) is 14.5 Å². The van der Waals surface area contributed by atoms with Gasteiger partial charge in [0.2, 0.25) is 0 Å². The van der Waals surface area contributed by atoms with Crippen molar-refractivity contribution in [2.24, 2.45) is 0 Å². The molecule has 0 aromatic heterocycles. The second-order valence-corrected chi connectivity index (χ2v) is 8.44. The molecule has 0 fully saturated rings. The molecule has 8 heteroatoms. The molecule has 3 aromatic rings. The van der Waals surface area contributed by atoms with Gasteiger partial charge in [0.1, 0.15) is 0 Å². The lowest BCUT2D eigenvalue weighted by Gasteiger charge is -2.25. The molecule has 0 heterocycles. The van der Waals surface area contributed by atoms with Crippen LogP contribution in [-0.2, 0) is 10.0 Å². The van der Waals surface area contributed by atoms with E-state index in [0.717, 1.165) is 17.7 Å². The van der Waals surface area contributed by atoms with E-state index in [9.17, 15) is 22.0 Å². The van der Waals surface area contributed by atoms with Crippen molar-refractivity contribution in [3.8, 4) is 0 Å². The van der Waals surface area contributed by atoms with Crippen molar-refractivity contribution < 1.29 is 22.0 Å². The van der Waals surface area contributed by atoms with Gasteiger partial charge in [-0.15, -0.1) is 0 Å². The van der Waals surface area contributed by atoms with Crippen LogP contribution < -0.4 is 4.72 Å². The van der Waals surface area contributed by atoms with E-state index in [1.807, 2.05) is 37.3 Å². The van der Waals surface area contributed by atoms with Crippen molar-refractivity contribution >= 4 is 21.6 Å². The minimum Gasteiger partial charge on any atom is -0.335 e. The maximum atomic E-state index is 13.3. The predicted octanol–water partition coefficient (Wildman–Crippen LogP) is 4.60. The molecule has 0 saturated carbocycles. The van der Waals surface area contributed by atoms with Gasteiger partial charge >= 0.3 is 0 Å². The Balaban J connectivity index is 1.74. The van der Waals surface area contributed by atoms with E-state index in [1.165, 1.54) is 24.3 Å². The topological polar surface area (TPSA) is 66.5 Å². The zero-order valence-electron chi connectivity index (χ0n) is 16.3. The summed E-state index contributed by atoms with van der Waals surface area (Å²) in [5.74, 6) is -2.61. The first-order valence-corrected chi connectivity index (χ1v) is 10.6. The number of anilines is 1. The minimum absolute atomic E-state index is 0.148. The Labute approximate surface area is 174 Å². The van der Waals surface area contributed by atoms with Gasteiger partial charge < -0.3 is 4.90 Å². The van der Waals surface area contributed by atoms with Gasteiger partial charge in [-0.05, 0) is 55.0 Å². The molecule has 0 spiro atoms. The number of sulfonamides is 1. The fourth-order valence-electron chi connectivity index (χ4n) is 2.87. The van der Waals surface area contributed by atoms with Crippen LogP contribution in [0.15, 0.2) is 77.7 Å². The second-order valence-electron chi connectivity index (χ2n) is 6.76. The lowest BCUT2D eigenvalue weighted by atomic mass is 10.1. The van der Waals surface area contributed by atoms with Crippen molar-refractivity contribution in [3.63, 3.8) is 0 Å². The number of hydrogen-bond acceptors (Lipinski definition) is 3. The first-order chi connectivity index (χ1) is 14.2. The molecule has 0 saturated heterocycles. The highest BCUT2D eigenvalue weighted by atomic mass is 32.2. The summed E-state index contributed by atoms with van der Waals surface area (Å²) < 4.78 is 53.4. The molecule has 5 nitrogen and oxygen atoms in total. The molecule has 1 atom stereocenters. The smallest absolute Gasteiger partial charge is 0.261 e. The molecule has 1 N–H and O–H groups in total. The first kappa shape index (κ1) is 21.4. The quantitative estimate of drug-likeness (QED) is 0.622. The lowest BCUT2D eigenvalue weighted by Crippen LogP contribution is -2.29. The van der Waals surface area contributed by atoms with E-state index in [-0.39, 0.29) is 17.6 Å². The van der Waals surface area contributed by atoms with Crippen LogP contribution in [0, 0.1) is 11.6 Å². The van der Waals surface area contributed by atoms with E-state index < -0.39 is 26.6 Å². The van der Waals surface area contributed by atoms with E-state index in [4.69, 9.17) is 0 Å². The number of nitrogens with one attached hydrogen (secondary N) is 1.